The number of likely N-dealkylation sites (N-methyl/N-ethyl adjacent to an activating group) is 1. The van der Waals surface area contributed by atoms with Crippen molar-refractivity contribution in [1.29, 1.82) is 0 Å². The summed E-state index contributed by atoms with van der Waals surface area (Å²) in [6, 6.07) is 0.538. The number of piperazine rings is 1. The molecular weight excluding hydrogens is 250 g/mol. The number of nitrogens with zero attached hydrogens (tertiary/aromatic N) is 2. The Morgan fingerprint density at radius 1 is 1.30 bits per heavy atom. The first-order valence-corrected chi connectivity index (χ1v) is 8.34. The first kappa shape index (κ1) is 15.8. The van der Waals surface area contributed by atoms with Crippen molar-refractivity contribution in [2.75, 3.05) is 33.2 Å². The Hall–Kier alpha value is -0.610. The Balaban J connectivity index is 1.90. The molecule has 1 saturated carbocycles. The molecule has 2 aliphatic rings. The van der Waals surface area contributed by atoms with Crippen LogP contribution in [0, 0.1) is 11.8 Å². The lowest BCUT2D eigenvalue weighted by Gasteiger charge is -2.41. The van der Waals surface area contributed by atoms with Gasteiger partial charge in [0.2, 0.25) is 5.91 Å². The summed E-state index contributed by atoms with van der Waals surface area (Å²) in [5, 5.41) is 0. The van der Waals surface area contributed by atoms with E-state index in [2.05, 4.69) is 23.8 Å². The molecule has 0 aromatic carbocycles. The number of hydrogen-bond acceptors (Lipinski definition) is 3. The first-order chi connectivity index (χ1) is 9.65. The highest BCUT2D eigenvalue weighted by Gasteiger charge is 2.33. The van der Waals surface area contributed by atoms with E-state index in [4.69, 9.17) is 5.73 Å². The van der Waals surface area contributed by atoms with Crippen molar-refractivity contribution in [3.05, 3.63) is 0 Å². The molecule has 2 N–H and O–H groups in total. The number of carbonyl (C=O) groups is 1. The van der Waals surface area contributed by atoms with Crippen LogP contribution in [-0.4, -0.2) is 55.0 Å². The standard InChI is InChI=1S/C16H31N3O/c1-3-15-12-19(10-9-18(15)2)16(20)14-6-4-5-13(11-14)7-8-17/h13-15H,3-12,17H2,1-2H3. The van der Waals surface area contributed by atoms with Crippen molar-refractivity contribution in [3.8, 4) is 0 Å². The minimum Gasteiger partial charge on any atom is -0.340 e. The molecule has 4 nitrogen and oxygen atoms in total. The van der Waals surface area contributed by atoms with Crippen LogP contribution >= 0.6 is 0 Å². The van der Waals surface area contributed by atoms with Gasteiger partial charge in [0.05, 0.1) is 0 Å². The summed E-state index contributed by atoms with van der Waals surface area (Å²) in [5.41, 5.74) is 5.67. The lowest BCUT2D eigenvalue weighted by atomic mass is 9.79. The second kappa shape index (κ2) is 7.41. The van der Waals surface area contributed by atoms with Crippen LogP contribution in [0.25, 0.3) is 0 Å². The van der Waals surface area contributed by atoms with Crippen LogP contribution in [0.4, 0.5) is 0 Å². The van der Waals surface area contributed by atoms with Crippen LogP contribution in [0.5, 0.6) is 0 Å². The summed E-state index contributed by atoms with van der Waals surface area (Å²) in [7, 11) is 2.17. The van der Waals surface area contributed by atoms with E-state index >= 15 is 0 Å². The van der Waals surface area contributed by atoms with Crippen LogP contribution in [0.15, 0.2) is 0 Å². The van der Waals surface area contributed by atoms with Crippen LogP contribution < -0.4 is 5.73 Å². The third-order valence-electron chi connectivity index (χ3n) is 5.27. The van der Waals surface area contributed by atoms with E-state index in [9.17, 15) is 4.79 Å². The van der Waals surface area contributed by atoms with Crippen molar-refractivity contribution < 1.29 is 4.79 Å². The molecule has 1 amide bonds. The van der Waals surface area contributed by atoms with Crippen LogP contribution in [0.3, 0.4) is 0 Å². The molecule has 116 valence electrons. The van der Waals surface area contributed by atoms with Gasteiger partial charge in [0.15, 0.2) is 0 Å². The Labute approximate surface area is 123 Å². The zero-order valence-electron chi connectivity index (χ0n) is 13.2. The summed E-state index contributed by atoms with van der Waals surface area (Å²) in [5.74, 6) is 1.36. The monoisotopic (exact) mass is 281 g/mol. The van der Waals surface area contributed by atoms with Gasteiger partial charge in [0, 0.05) is 31.6 Å². The van der Waals surface area contributed by atoms with Crippen molar-refractivity contribution in [2.45, 2.75) is 51.5 Å². The minimum absolute atomic E-state index is 0.265. The predicted molar refractivity (Wildman–Crippen MR) is 82.4 cm³/mol. The summed E-state index contributed by atoms with van der Waals surface area (Å²) in [4.78, 5) is 17.3. The maximum absolute atomic E-state index is 12.7. The molecule has 0 bridgehead atoms. The predicted octanol–water partition coefficient (Wildman–Crippen LogP) is 1.69. The zero-order valence-corrected chi connectivity index (χ0v) is 13.2. The molecule has 0 spiro atoms. The van der Waals surface area contributed by atoms with Gasteiger partial charge in [-0.05, 0) is 45.2 Å². The molecule has 20 heavy (non-hydrogen) atoms. The fourth-order valence-corrected chi connectivity index (χ4v) is 3.86. The smallest absolute Gasteiger partial charge is 0.225 e. The quantitative estimate of drug-likeness (QED) is 0.853. The molecular formula is C16H31N3O. The van der Waals surface area contributed by atoms with Gasteiger partial charge in [0.25, 0.3) is 0 Å². The first-order valence-electron chi connectivity index (χ1n) is 8.34. The Morgan fingerprint density at radius 2 is 2.10 bits per heavy atom. The van der Waals surface area contributed by atoms with Gasteiger partial charge in [-0.3, -0.25) is 9.69 Å². The second-order valence-corrected chi connectivity index (χ2v) is 6.63. The molecule has 2 fully saturated rings. The normalized spacial score (nSPS) is 32.4. The molecule has 1 saturated heterocycles. The molecule has 0 aromatic heterocycles. The largest absolute Gasteiger partial charge is 0.340 e. The number of carbonyl (C=O) groups excluding carboxylic acids is 1. The number of rotatable bonds is 4. The topological polar surface area (TPSA) is 49.6 Å². The molecule has 1 aliphatic carbocycles. The van der Waals surface area contributed by atoms with Gasteiger partial charge in [-0.15, -0.1) is 0 Å². The van der Waals surface area contributed by atoms with E-state index < -0.39 is 0 Å². The average molecular weight is 281 g/mol. The maximum Gasteiger partial charge on any atom is 0.225 e. The van der Waals surface area contributed by atoms with E-state index in [0.717, 1.165) is 51.9 Å². The Morgan fingerprint density at radius 3 is 2.80 bits per heavy atom. The second-order valence-electron chi connectivity index (χ2n) is 6.63. The molecule has 3 unspecified atom stereocenters. The van der Waals surface area contributed by atoms with Crippen molar-refractivity contribution >= 4 is 5.91 Å². The van der Waals surface area contributed by atoms with E-state index in [1.807, 2.05) is 0 Å². The van der Waals surface area contributed by atoms with Crippen molar-refractivity contribution in [1.82, 2.24) is 9.80 Å². The van der Waals surface area contributed by atoms with Gasteiger partial charge in [-0.2, -0.15) is 0 Å². The number of hydrogen-bond donors (Lipinski definition) is 1. The molecule has 4 heteroatoms. The van der Waals surface area contributed by atoms with Gasteiger partial charge in [-0.25, -0.2) is 0 Å². The molecule has 1 aliphatic heterocycles. The molecule has 0 aromatic rings. The summed E-state index contributed by atoms with van der Waals surface area (Å²) >= 11 is 0. The fraction of sp³-hybridized carbons (Fsp3) is 0.938. The number of amides is 1. The summed E-state index contributed by atoms with van der Waals surface area (Å²) < 4.78 is 0. The lowest BCUT2D eigenvalue weighted by Crippen LogP contribution is -2.54. The van der Waals surface area contributed by atoms with E-state index in [1.54, 1.807) is 0 Å². The van der Waals surface area contributed by atoms with Crippen molar-refractivity contribution in [3.63, 3.8) is 0 Å². The Kier molecular flexibility index (Phi) is 5.85. The molecule has 2 rings (SSSR count). The SMILES string of the molecule is CCC1CN(C(=O)C2CCCC(CCN)C2)CCN1C. The van der Waals surface area contributed by atoms with Gasteiger partial charge in [-0.1, -0.05) is 19.8 Å². The van der Waals surface area contributed by atoms with Crippen molar-refractivity contribution in [2.24, 2.45) is 17.6 Å². The highest BCUT2D eigenvalue weighted by molar-refractivity contribution is 5.79. The molecule has 1 heterocycles. The van der Waals surface area contributed by atoms with Crippen LogP contribution in [0.1, 0.15) is 45.4 Å². The average Bonchev–Trinajstić information content (AvgIpc) is 2.48. The third-order valence-corrected chi connectivity index (χ3v) is 5.27. The van der Waals surface area contributed by atoms with Crippen LogP contribution in [0.2, 0.25) is 0 Å². The third kappa shape index (κ3) is 3.73. The Bertz CT molecular complexity index is 319. The minimum atomic E-state index is 0.265. The zero-order chi connectivity index (χ0) is 14.5. The van der Waals surface area contributed by atoms with Gasteiger partial charge in [0.1, 0.15) is 0 Å². The van der Waals surface area contributed by atoms with Gasteiger partial charge < -0.3 is 10.6 Å². The summed E-state index contributed by atoms with van der Waals surface area (Å²) in [6.45, 7) is 5.82. The van der Waals surface area contributed by atoms with E-state index in [1.165, 1.54) is 12.8 Å². The lowest BCUT2D eigenvalue weighted by molar-refractivity contribution is -0.140. The van der Waals surface area contributed by atoms with Crippen LogP contribution in [-0.2, 0) is 4.79 Å². The molecule has 0 radical (unpaired) electrons. The van der Waals surface area contributed by atoms with E-state index in [-0.39, 0.29) is 5.92 Å². The number of nitrogens with two attached hydrogens (primary N) is 1. The highest BCUT2D eigenvalue weighted by atomic mass is 16.2. The van der Waals surface area contributed by atoms with E-state index in [0.29, 0.717) is 17.9 Å². The maximum atomic E-state index is 12.7. The van der Waals surface area contributed by atoms with Gasteiger partial charge >= 0.3 is 0 Å². The summed E-state index contributed by atoms with van der Waals surface area (Å²) in [6.07, 6.45) is 6.83. The molecule has 3 atom stereocenters. The fourth-order valence-electron chi connectivity index (χ4n) is 3.86. The highest BCUT2D eigenvalue weighted by Crippen LogP contribution is 2.32.